The molecule has 0 spiro atoms. The zero-order chi connectivity index (χ0) is 10.3. The average molecular weight is 209 g/mol. The molecule has 0 aliphatic heterocycles. The second kappa shape index (κ2) is 3.06. The topological polar surface area (TPSA) is 43.1 Å². The Morgan fingerprint density at radius 2 is 2.14 bits per heavy atom. The summed E-state index contributed by atoms with van der Waals surface area (Å²) in [5.74, 6) is -0.726. The first-order valence-corrected chi connectivity index (χ1v) is 4.89. The monoisotopic (exact) mass is 209 g/mol. The standard InChI is InChI=1S/C10H8FNOS/c1-5-2-8-6(3-7(5)11)4-9(14-8)10(12)13/h2-4H,1H3,(H2,12,13). The number of carbonyl (C=O) groups excluding carboxylic acids is 1. The fourth-order valence-electron chi connectivity index (χ4n) is 1.28. The number of benzene rings is 1. The van der Waals surface area contributed by atoms with Crippen molar-refractivity contribution in [2.75, 3.05) is 0 Å². The van der Waals surface area contributed by atoms with Crippen LogP contribution < -0.4 is 5.73 Å². The smallest absolute Gasteiger partial charge is 0.258 e. The van der Waals surface area contributed by atoms with Crippen molar-refractivity contribution >= 4 is 27.3 Å². The molecule has 0 radical (unpaired) electrons. The van der Waals surface area contributed by atoms with Crippen LogP contribution in [-0.2, 0) is 0 Å². The molecule has 14 heavy (non-hydrogen) atoms. The Balaban J connectivity index is 2.72. The molecule has 0 bridgehead atoms. The van der Waals surface area contributed by atoms with E-state index in [4.69, 9.17) is 5.73 Å². The SMILES string of the molecule is Cc1cc2sc(C(N)=O)cc2cc1F. The van der Waals surface area contributed by atoms with Crippen molar-refractivity contribution in [2.45, 2.75) is 6.92 Å². The van der Waals surface area contributed by atoms with Crippen LogP contribution in [0.15, 0.2) is 18.2 Å². The number of primary amides is 1. The zero-order valence-corrected chi connectivity index (χ0v) is 8.32. The van der Waals surface area contributed by atoms with Crippen LogP contribution in [0.3, 0.4) is 0 Å². The number of fused-ring (bicyclic) bond motifs is 1. The van der Waals surface area contributed by atoms with Gasteiger partial charge in [-0.1, -0.05) is 0 Å². The predicted octanol–water partition coefficient (Wildman–Crippen LogP) is 2.45. The van der Waals surface area contributed by atoms with E-state index in [1.165, 1.54) is 17.4 Å². The molecule has 2 rings (SSSR count). The minimum atomic E-state index is -0.468. The summed E-state index contributed by atoms with van der Waals surface area (Å²) in [6, 6.07) is 4.76. The molecule has 0 aliphatic rings. The molecule has 1 aromatic carbocycles. The van der Waals surface area contributed by atoms with Gasteiger partial charge in [0.05, 0.1) is 4.88 Å². The molecule has 0 aliphatic carbocycles. The number of halogens is 1. The van der Waals surface area contributed by atoms with Crippen LogP contribution in [0, 0.1) is 12.7 Å². The van der Waals surface area contributed by atoms with Crippen LogP contribution in [0.25, 0.3) is 10.1 Å². The molecule has 2 nitrogen and oxygen atoms in total. The lowest BCUT2D eigenvalue weighted by atomic mass is 10.2. The number of aryl methyl sites for hydroxylation is 1. The van der Waals surface area contributed by atoms with Gasteiger partial charge in [-0.3, -0.25) is 4.79 Å². The van der Waals surface area contributed by atoms with E-state index < -0.39 is 5.91 Å². The third-order valence-electron chi connectivity index (χ3n) is 2.04. The van der Waals surface area contributed by atoms with Gasteiger partial charge in [0.2, 0.25) is 0 Å². The predicted molar refractivity (Wildman–Crippen MR) is 55.0 cm³/mol. The van der Waals surface area contributed by atoms with Gasteiger partial charge < -0.3 is 5.73 Å². The summed E-state index contributed by atoms with van der Waals surface area (Å²) in [7, 11) is 0. The lowest BCUT2D eigenvalue weighted by Gasteiger charge is -1.94. The van der Waals surface area contributed by atoms with Crippen molar-refractivity contribution < 1.29 is 9.18 Å². The van der Waals surface area contributed by atoms with Crippen LogP contribution >= 0.6 is 11.3 Å². The maximum atomic E-state index is 13.1. The third kappa shape index (κ3) is 1.37. The molecular formula is C10H8FNOS. The van der Waals surface area contributed by atoms with E-state index in [9.17, 15) is 9.18 Å². The average Bonchev–Trinajstić information content (AvgIpc) is 2.48. The Labute approximate surface area is 84.2 Å². The first-order valence-electron chi connectivity index (χ1n) is 4.07. The van der Waals surface area contributed by atoms with E-state index in [1.807, 2.05) is 0 Å². The van der Waals surface area contributed by atoms with Crippen molar-refractivity contribution in [3.63, 3.8) is 0 Å². The highest BCUT2D eigenvalue weighted by atomic mass is 32.1. The number of thiophene rings is 1. The highest BCUT2D eigenvalue weighted by molar-refractivity contribution is 7.20. The lowest BCUT2D eigenvalue weighted by molar-refractivity contribution is 0.100. The fourth-order valence-corrected chi connectivity index (χ4v) is 2.28. The number of rotatable bonds is 1. The van der Waals surface area contributed by atoms with Crippen molar-refractivity contribution in [1.29, 1.82) is 0 Å². The van der Waals surface area contributed by atoms with Gasteiger partial charge >= 0.3 is 0 Å². The van der Waals surface area contributed by atoms with Gasteiger partial charge in [0.25, 0.3) is 5.91 Å². The molecular weight excluding hydrogens is 201 g/mol. The van der Waals surface area contributed by atoms with Crippen molar-refractivity contribution in [3.8, 4) is 0 Å². The fraction of sp³-hybridized carbons (Fsp3) is 0.100. The summed E-state index contributed by atoms with van der Waals surface area (Å²) in [5, 5.41) is 0.729. The molecule has 1 heterocycles. The maximum absolute atomic E-state index is 13.1. The zero-order valence-electron chi connectivity index (χ0n) is 7.50. The van der Waals surface area contributed by atoms with Crippen LogP contribution in [0.5, 0.6) is 0 Å². The third-order valence-corrected chi connectivity index (χ3v) is 3.15. The van der Waals surface area contributed by atoms with Gasteiger partial charge in [0.15, 0.2) is 0 Å². The first kappa shape index (κ1) is 9.15. The molecule has 1 amide bonds. The molecule has 0 saturated carbocycles. The molecule has 2 N–H and O–H groups in total. The minimum absolute atomic E-state index is 0.258. The second-order valence-corrected chi connectivity index (χ2v) is 4.20. The van der Waals surface area contributed by atoms with Crippen LogP contribution in [0.1, 0.15) is 15.2 Å². The van der Waals surface area contributed by atoms with Gasteiger partial charge in [-0.15, -0.1) is 11.3 Å². The number of nitrogens with two attached hydrogens (primary N) is 1. The summed E-state index contributed by atoms with van der Waals surface area (Å²) in [4.78, 5) is 11.3. The first-order chi connectivity index (χ1) is 6.58. The van der Waals surface area contributed by atoms with Crippen LogP contribution in [0.4, 0.5) is 4.39 Å². The Morgan fingerprint density at radius 3 is 2.79 bits per heavy atom. The summed E-state index contributed by atoms with van der Waals surface area (Å²) in [5.41, 5.74) is 5.71. The summed E-state index contributed by atoms with van der Waals surface area (Å²) < 4.78 is 14.0. The quantitative estimate of drug-likeness (QED) is 0.770. The second-order valence-electron chi connectivity index (χ2n) is 3.11. The van der Waals surface area contributed by atoms with Gasteiger partial charge in [-0.2, -0.15) is 0 Å². The van der Waals surface area contributed by atoms with Gasteiger partial charge in [-0.05, 0) is 36.1 Å². The molecule has 72 valence electrons. The van der Waals surface area contributed by atoms with E-state index >= 15 is 0 Å². The van der Waals surface area contributed by atoms with Crippen LogP contribution in [0.2, 0.25) is 0 Å². The van der Waals surface area contributed by atoms with E-state index in [1.54, 1.807) is 19.1 Å². The van der Waals surface area contributed by atoms with E-state index in [0.29, 0.717) is 10.4 Å². The highest BCUT2D eigenvalue weighted by Crippen LogP contribution is 2.27. The number of hydrogen-bond donors (Lipinski definition) is 1. The minimum Gasteiger partial charge on any atom is -0.365 e. The summed E-state index contributed by atoms with van der Waals surface area (Å²) >= 11 is 1.29. The Hall–Kier alpha value is -1.42. The largest absolute Gasteiger partial charge is 0.365 e. The molecule has 0 atom stereocenters. The van der Waals surface area contributed by atoms with E-state index in [0.717, 1.165) is 10.1 Å². The van der Waals surface area contributed by atoms with Gasteiger partial charge in [0, 0.05) is 4.70 Å². The number of hydrogen-bond acceptors (Lipinski definition) is 2. The molecule has 0 fully saturated rings. The Morgan fingerprint density at radius 1 is 1.43 bits per heavy atom. The molecule has 4 heteroatoms. The normalized spacial score (nSPS) is 10.7. The van der Waals surface area contributed by atoms with Crippen molar-refractivity contribution in [3.05, 3.63) is 34.5 Å². The summed E-state index contributed by atoms with van der Waals surface area (Å²) in [6.45, 7) is 1.69. The Bertz CT molecular complexity index is 479. The maximum Gasteiger partial charge on any atom is 0.258 e. The molecule has 0 unspecified atom stereocenters. The van der Waals surface area contributed by atoms with E-state index in [2.05, 4.69) is 0 Å². The number of amides is 1. The lowest BCUT2D eigenvalue weighted by Crippen LogP contribution is -2.07. The van der Waals surface area contributed by atoms with Gasteiger partial charge in [-0.25, -0.2) is 4.39 Å². The Kier molecular flexibility index (Phi) is 2.00. The van der Waals surface area contributed by atoms with Crippen LogP contribution in [-0.4, -0.2) is 5.91 Å². The molecule has 2 aromatic rings. The number of carbonyl (C=O) groups is 1. The van der Waals surface area contributed by atoms with Crippen molar-refractivity contribution in [2.24, 2.45) is 5.73 Å². The molecule has 0 saturated heterocycles. The van der Waals surface area contributed by atoms with Crippen molar-refractivity contribution in [1.82, 2.24) is 0 Å². The molecule has 1 aromatic heterocycles. The van der Waals surface area contributed by atoms with Gasteiger partial charge in [0.1, 0.15) is 5.82 Å². The summed E-state index contributed by atoms with van der Waals surface area (Å²) in [6.07, 6.45) is 0. The highest BCUT2D eigenvalue weighted by Gasteiger charge is 2.08. The van der Waals surface area contributed by atoms with E-state index in [-0.39, 0.29) is 5.82 Å².